The number of unbranched alkanes of at least 4 members (excludes halogenated alkanes) is 22. The lowest BCUT2D eigenvalue weighted by Crippen LogP contribution is -2.37. The van der Waals surface area contributed by atoms with Crippen molar-refractivity contribution in [2.24, 2.45) is 0 Å². The summed E-state index contributed by atoms with van der Waals surface area (Å²) in [5.41, 5.74) is 0. The second-order valence-corrected chi connectivity index (χ2v) is 27.4. The summed E-state index contributed by atoms with van der Waals surface area (Å²) in [6.07, 6.45) is 116. The summed E-state index contributed by atoms with van der Waals surface area (Å²) >= 11 is 0. The summed E-state index contributed by atoms with van der Waals surface area (Å²) < 4.78 is 34.7. The zero-order chi connectivity index (χ0) is 69.7. The number of phosphoric acid groups is 1. The van der Waals surface area contributed by atoms with Crippen LogP contribution in [0.5, 0.6) is 0 Å². The van der Waals surface area contributed by atoms with Crippen molar-refractivity contribution in [3.63, 3.8) is 0 Å². The van der Waals surface area contributed by atoms with Gasteiger partial charge in [-0.05, 0) is 141 Å². The van der Waals surface area contributed by atoms with Crippen molar-refractivity contribution in [2.45, 2.75) is 290 Å². The summed E-state index contributed by atoms with van der Waals surface area (Å²) in [6, 6.07) is 0. The Hall–Kier alpha value is -5.15. The van der Waals surface area contributed by atoms with Gasteiger partial charge < -0.3 is 18.9 Å². The highest BCUT2D eigenvalue weighted by atomic mass is 31.2. The molecule has 0 aliphatic heterocycles. The summed E-state index contributed by atoms with van der Waals surface area (Å²) in [5.74, 6) is -0.854. The van der Waals surface area contributed by atoms with Gasteiger partial charge in [0.1, 0.15) is 19.8 Å². The molecule has 96 heavy (non-hydrogen) atoms. The minimum Gasteiger partial charge on any atom is -0.462 e. The van der Waals surface area contributed by atoms with Gasteiger partial charge in [-0.1, -0.05) is 324 Å². The number of esters is 2. The van der Waals surface area contributed by atoms with Gasteiger partial charge in [-0.2, -0.15) is 0 Å². The lowest BCUT2D eigenvalue weighted by atomic mass is 10.0. The van der Waals surface area contributed by atoms with E-state index < -0.39 is 26.5 Å². The first-order chi connectivity index (χ1) is 47.0. The zero-order valence-corrected chi connectivity index (χ0v) is 62.7. The van der Waals surface area contributed by atoms with Crippen LogP contribution in [-0.4, -0.2) is 74.9 Å². The van der Waals surface area contributed by atoms with E-state index in [1.165, 1.54) is 116 Å². The molecule has 0 radical (unpaired) electrons. The van der Waals surface area contributed by atoms with Crippen molar-refractivity contribution in [1.29, 1.82) is 0 Å². The molecule has 0 rings (SSSR count). The average molecular weight is 1350 g/mol. The van der Waals surface area contributed by atoms with E-state index in [4.69, 9.17) is 18.5 Å². The fourth-order valence-electron chi connectivity index (χ4n) is 9.87. The van der Waals surface area contributed by atoms with Crippen LogP contribution >= 0.6 is 7.82 Å². The normalized spacial score (nSPS) is 14.2. The molecule has 0 saturated carbocycles. The summed E-state index contributed by atoms with van der Waals surface area (Å²) in [6.45, 7) is 4.15. The number of rotatable bonds is 68. The molecule has 542 valence electrons. The number of ether oxygens (including phenoxy) is 2. The largest absolute Gasteiger partial charge is 0.472 e. The van der Waals surface area contributed by atoms with Crippen LogP contribution in [0.4, 0.5) is 0 Å². The van der Waals surface area contributed by atoms with Crippen LogP contribution in [0.25, 0.3) is 0 Å². The number of likely N-dealkylation sites (N-methyl/N-ethyl adjacent to an activating group) is 1. The Morgan fingerprint density at radius 2 is 0.562 bits per heavy atom. The lowest BCUT2D eigenvalue weighted by molar-refractivity contribution is -0.870. The molecule has 0 aromatic rings. The van der Waals surface area contributed by atoms with Crippen molar-refractivity contribution < 1.29 is 42.1 Å². The fraction of sp³-hybridized carbons (Fsp3) is 0.605. The molecule has 0 amide bonds. The average Bonchev–Trinajstić information content (AvgIpc) is 1.48. The highest BCUT2D eigenvalue weighted by Crippen LogP contribution is 2.43. The standard InChI is InChI=1S/C86H140NO8P/c1-6-8-10-12-14-16-18-20-22-24-26-28-30-32-34-36-38-40-41-42-43-44-45-47-48-50-52-54-56-58-60-62-64-66-68-70-72-74-76-78-85(88)92-82-84(83-94-96(90,91)93-81-80-87(3,4)5)95-86(89)79-77-75-73-71-69-67-65-63-61-59-57-55-53-51-49-46-39-37-35-33-31-29-27-25-23-21-19-17-15-13-11-9-7-2/h8-11,14-17,20-23,26-29,32-35,38-40,46,51,53,57,59,63,65,69,71,84H,6-7,12-13,18-19,24-25,30-31,36-37,41-45,47-50,52,54-56,58,60-62,64,66-68,70,72-83H2,1-5H3/p+1/b10-8-,11-9-,16-14-,17-15-,22-20-,23-21-,28-26-,29-27-,34-32-,35-33-,40-38-,46-39-,53-51-,59-57-,65-63-,71-69-. The van der Waals surface area contributed by atoms with Crippen LogP contribution < -0.4 is 0 Å². The molecule has 0 bridgehead atoms. The van der Waals surface area contributed by atoms with Crippen molar-refractivity contribution in [3.05, 3.63) is 194 Å². The van der Waals surface area contributed by atoms with Gasteiger partial charge in [-0.15, -0.1) is 0 Å². The second-order valence-electron chi connectivity index (χ2n) is 25.9. The second kappa shape index (κ2) is 74.1. The number of carbonyl (C=O) groups is 2. The van der Waals surface area contributed by atoms with E-state index in [2.05, 4.69) is 208 Å². The first-order valence-corrected chi connectivity index (χ1v) is 39.7. The third-order valence-corrected chi connectivity index (χ3v) is 16.6. The topological polar surface area (TPSA) is 108 Å². The van der Waals surface area contributed by atoms with Gasteiger partial charge in [-0.3, -0.25) is 18.6 Å². The Labute approximate surface area is 590 Å². The Morgan fingerprint density at radius 3 is 0.854 bits per heavy atom. The Bertz CT molecular complexity index is 2330. The molecule has 0 saturated heterocycles. The third kappa shape index (κ3) is 77.9. The van der Waals surface area contributed by atoms with E-state index in [1.54, 1.807) is 0 Å². The SMILES string of the molecule is CC/C=C\C/C=C\C/C=C\C/C=C\C/C=C\C/C=C\C/C=C\C/C=C\C/C=C\C/C=C\CCCCC(=O)OC(COC(=O)CCCCCCCCCCCCCCCCCCCCCC/C=C\C/C=C\C/C=C\C/C=C\C/C=C\C/C=C\CC)COP(=O)(O)OCC[N+](C)(C)C. The quantitative estimate of drug-likeness (QED) is 0.0211. The van der Waals surface area contributed by atoms with Crippen LogP contribution in [-0.2, 0) is 32.7 Å². The molecule has 0 aliphatic rings. The first kappa shape index (κ1) is 90.8. The predicted molar refractivity (Wildman–Crippen MR) is 417 cm³/mol. The van der Waals surface area contributed by atoms with E-state index in [-0.39, 0.29) is 32.0 Å². The Balaban J connectivity index is 4.10. The molecule has 1 N–H and O–H groups in total. The summed E-state index contributed by atoms with van der Waals surface area (Å²) in [7, 11) is 1.43. The van der Waals surface area contributed by atoms with E-state index in [0.717, 1.165) is 135 Å². The van der Waals surface area contributed by atoms with Crippen LogP contribution in [0, 0.1) is 0 Å². The molecule has 9 nitrogen and oxygen atoms in total. The lowest BCUT2D eigenvalue weighted by Gasteiger charge is -2.24. The van der Waals surface area contributed by atoms with E-state index in [0.29, 0.717) is 17.4 Å². The number of hydrogen-bond donors (Lipinski definition) is 1. The molecule has 0 aromatic heterocycles. The predicted octanol–water partition coefficient (Wildman–Crippen LogP) is 25.6. The van der Waals surface area contributed by atoms with Gasteiger partial charge in [0.15, 0.2) is 6.10 Å². The maximum Gasteiger partial charge on any atom is 0.472 e. The van der Waals surface area contributed by atoms with E-state index in [9.17, 15) is 19.0 Å². The molecular formula is C86H141NO8P+. The van der Waals surface area contributed by atoms with Gasteiger partial charge in [0, 0.05) is 12.8 Å². The molecular weight excluding hydrogens is 1210 g/mol. The van der Waals surface area contributed by atoms with Gasteiger partial charge in [0.2, 0.25) is 0 Å². The number of nitrogens with zero attached hydrogens (tertiary/aromatic N) is 1. The number of phosphoric ester groups is 1. The third-order valence-electron chi connectivity index (χ3n) is 15.6. The molecule has 2 unspecified atom stereocenters. The Kier molecular flexibility index (Phi) is 70.1. The van der Waals surface area contributed by atoms with Crippen molar-refractivity contribution in [3.8, 4) is 0 Å². The van der Waals surface area contributed by atoms with Crippen LogP contribution in [0.2, 0.25) is 0 Å². The summed E-state index contributed by atoms with van der Waals surface area (Å²) in [5, 5.41) is 0. The maximum atomic E-state index is 12.9. The van der Waals surface area contributed by atoms with Crippen LogP contribution in [0.3, 0.4) is 0 Å². The zero-order valence-electron chi connectivity index (χ0n) is 61.8. The Morgan fingerprint density at radius 1 is 0.323 bits per heavy atom. The smallest absolute Gasteiger partial charge is 0.462 e. The van der Waals surface area contributed by atoms with Crippen molar-refractivity contribution >= 4 is 19.8 Å². The molecule has 0 aromatic carbocycles. The van der Waals surface area contributed by atoms with Crippen LogP contribution in [0.15, 0.2) is 194 Å². The fourth-order valence-corrected chi connectivity index (χ4v) is 10.6. The van der Waals surface area contributed by atoms with Gasteiger partial charge in [-0.25, -0.2) is 4.57 Å². The molecule has 0 heterocycles. The monoisotopic (exact) mass is 1350 g/mol. The molecule has 2 atom stereocenters. The highest BCUT2D eigenvalue weighted by Gasteiger charge is 2.27. The number of hydrogen-bond acceptors (Lipinski definition) is 7. The molecule has 0 aliphatic carbocycles. The number of allylic oxidation sites excluding steroid dienone is 32. The van der Waals surface area contributed by atoms with E-state index >= 15 is 0 Å². The minimum atomic E-state index is -4.42. The van der Waals surface area contributed by atoms with Crippen LogP contribution in [0.1, 0.15) is 284 Å². The van der Waals surface area contributed by atoms with Crippen molar-refractivity contribution in [2.75, 3.05) is 47.5 Å². The molecule has 0 spiro atoms. The molecule has 10 heteroatoms. The highest BCUT2D eigenvalue weighted by molar-refractivity contribution is 7.47. The molecule has 0 fully saturated rings. The van der Waals surface area contributed by atoms with Gasteiger partial charge in [0.05, 0.1) is 27.7 Å². The summed E-state index contributed by atoms with van der Waals surface area (Å²) in [4.78, 5) is 35.9. The maximum absolute atomic E-state index is 12.9. The van der Waals surface area contributed by atoms with Crippen molar-refractivity contribution in [1.82, 2.24) is 0 Å². The minimum absolute atomic E-state index is 0.0142. The van der Waals surface area contributed by atoms with E-state index in [1.807, 2.05) is 21.1 Å². The first-order valence-electron chi connectivity index (χ1n) is 38.2. The number of carbonyl (C=O) groups excluding carboxylic acids is 2. The number of quaternary nitrogens is 1. The van der Waals surface area contributed by atoms with Gasteiger partial charge in [0.25, 0.3) is 0 Å². The van der Waals surface area contributed by atoms with Gasteiger partial charge >= 0.3 is 19.8 Å².